The molecule has 1 aliphatic heterocycles. The van der Waals surface area contributed by atoms with Gasteiger partial charge in [-0.05, 0) is 46.3 Å². The Morgan fingerprint density at radius 2 is 1.87 bits per heavy atom. The molecule has 1 fully saturated rings. The Kier molecular flexibility index (Phi) is 6.08. The highest BCUT2D eigenvalue weighted by molar-refractivity contribution is 5.94. The molecule has 30 heavy (non-hydrogen) atoms. The first-order chi connectivity index (χ1) is 14.6. The van der Waals surface area contributed by atoms with E-state index in [1.54, 1.807) is 22.9 Å². The van der Waals surface area contributed by atoms with Crippen LogP contribution in [-0.2, 0) is 13.1 Å². The van der Waals surface area contributed by atoms with Gasteiger partial charge >= 0.3 is 0 Å². The number of tetrazole rings is 1. The third-order valence-corrected chi connectivity index (χ3v) is 5.37. The Balaban J connectivity index is 1.29. The van der Waals surface area contributed by atoms with E-state index in [9.17, 15) is 13.6 Å². The molecule has 0 spiro atoms. The van der Waals surface area contributed by atoms with E-state index in [0.29, 0.717) is 18.7 Å². The largest absolute Gasteiger partial charge is 0.349 e. The molecule has 0 bridgehead atoms. The standard InChI is InChI=1S/C21H22F2N6O/c22-17-6-4-15(5-7-17)13-29-20(25-26-27-29)14-28-10-8-19(9-11-28)24-21(30)16-2-1-3-18(23)12-16/h1-7,12,19H,8-11,13-14H2,(H,24,30)/p+1. The quantitative estimate of drug-likeness (QED) is 0.632. The van der Waals surface area contributed by atoms with Crippen LogP contribution in [0.2, 0.25) is 0 Å². The number of quaternary nitrogens is 1. The van der Waals surface area contributed by atoms with Gasteiger partial charge in [0.15, 0.2) is 0 Å². The van der Waals surface area contributed by atoms with E-state index < -0.39 is 5.82 Å². The first-order valence-corrected chi connectivity index (χ1v) is 9.96. The van der Waals surface area contributed by atoms with Crippen molar-refractivity contribution in [3.63, 3.8) is 0 Å². The fourth-order valence-electron chi connectivity index (χ4n) is 3.70. The predicted molar refractivity (Wildman–Crippen MR) is 105 cm³/mol. The number of carbonyl (C=O) groups excluding carboxylic acids is 1. The van der Waals surface area contributed by atoms with Gasteiger partial charge in [0.25, 0.3) is 5.91 Å². The molecular formula is C21H23F2N6O+. The Morgan fingerprint density at radius 3 is 2.60 bits per heavy atom. The third-order valence-electron chi connectivity index (χ3n) is 5.37. The van der Waals surface area contributed by atoms with Gasteiger partial charge in [0.05, 0.1) is 19.6 Å². The number of halogens is 2. The summed E-state index contributed by atoms with van der Waals surface area (Å²) < 4.78 is 28.1. The highest BCUT2D eigenvalue weighted by atomic mass is 19.1. The van der Waals surface area contributed by atoms with E-state index in [-0.39, 0.29) is 17.8 Å². The minimum atomic E-state index is -0.416. The minimum absolute atomic E-state index is 0.0692. The van der Waals surface area contributed by atoms with Crippen LogP contribution in [-0.4, -0.2) is 45.2 Å². The van der Waals surface area contributed by atoms with Crippen LogP contribution in [0.4, 0.5) is 8.78 Å². The van der Waals surface area contributed by atoms with Crippen molar-refractivity contribution in [1.82, 2.24) is 25.5 Å². The molecular weight excluding hydrogens is 390 g/mol. The van der Waals surface area contributed by atoms with Crippen molar-refractivity contribution >= 4 is 5.91 Å². The summed E-state index contributed by atoms with van der Waals surface area (Å²) in [4.78, 5) is 13.6. The van der Waals surface area contributed by atoms with Gasteiger partial charge < -0.3 is 10.2 Å². The van der Waals surface area contributed by atoms with Crippen LogP contribution in [0.5, 0.6) is 0 Å². The molecule has 2 heterocycles. The van der Waals surface area contributed by atoms with E-state index in [4.69, 9.17) is 0 Å². The van der Waals surface area contributed by atoms with Crippen LogP contribution in [0.25, 0.3) is 0 Å². The molecule has 9 heteroatoms. The second-order valence-corrected chi connectivity index (χ2v) is 7.56. The van der Waals surface area contributed by atoms with Crippen LogP contribution in [0, 0.1) is 11.6 Å². The van der Waals surface area contributed by atoms with Gasteiger partial charge in [0.2, 0.25) is 5.82 Å². The number of amides is 1. The van der Waals surface area contributed by atoms with Crippen LogP contribution in [0.3, 0.4) is 0 Å². The SMILES string of the molecule is O=C(NC1CC[NH+](Cc2nnnn2Cc2ccc(F)cc2)CC1)c1cccc(F)c1. The molecule has 0 radical (unpaired) electrons. The molecule has 7 nitrogen and oxygen atoms in total. The highest BCUT2D eigenvalue weighted by Gasteiger charge is 2.25. The lowest BCUT2D eigenvalue weighted by molar-refractivity contribution is -0.919. The molecule has 156 valence electrons. The topological polar surface area (TPSA) is 77.1 Å². The fourth-order valence-corrected chi connectivity index (χ4v) is 3.70. The number of piperidine rings is 1. The number of nitrogens with one attached hydrogen (secondary N) is 2. The van der Waals surface area contributed by atoms with Crippen molar-refractivity contribution in [3.8, 4) is 0 Å². The summed E-state index contributed by atoms with van der Waals surface area (Å²) in [5.41, 5.74) is 1.27. The van der Waals surface area contributed by atoms with Crippen LogP contribution in [0.15, 0.2) is 48.5 Å². The number of rotatable bonds is 6. The van der Waals surface area contributed by atoms with Gasteiger partial charge in [-0.25, -0.2) is 13.5 Å². The maximum atomic E-state index is 13.3. The lowest BCUT2D eigenvalue weighted by Crippen LogP contribution is -3.12. The van der Waals surface area contributed by atoms with Crippen LogP contribution < -0.4 is 10.2 Å². The van der Waals surface area contributed by atoms with Gasteiger partial charge in [0, 0.05) is 24.4 Å². The van der Waals surface area contributed by atoms with Gasteiger partial charge in [-0.2, -0.15) is 0 Å². The molecule has 2 aromatic carbocycles. The Hall–Kier alpha value is -3.20. The van der Waals surface area contributed by atoms with Crippen molar-refractivity contribution in [2.75, 3.05) is 13.1 Å². The number of hydrogen-bond acceptors (Lipinski definition) is 4. The van der Waals surface area contributed by atoms with E-state index in [1.165, 1.54) is 35.2 Å². The first kappa shape index (κ1) is 20.1. The second kappa shape index (κ2) is 9.08. The summed E-state index contributed by atoms with van der Waals surface area (Å²) in [6, 6.07) is 12.1. The zero-order valence-electron chi connectivity index (χ0n) is 16.4. The molecule has 0 atom stereocenters. The smallest absolute Gasteiger partial charge is 0.251 e. The van der Waals surface area contributed by atoms with Crippen molar-refractivity contribution in [3.05, 3.63) is 77.1 Å². The number of benzene rings is 2. The van der Waals surface area contributed by atoms with Gasteiger partial charge in [-0.3, -0.25) is 4.79 Å². The number of aromatic nitrogens is 4. The molecule has 1 saturated heterocycles. The minimum Gasteiger partial charge on any atom is -0.349 e. The second-order valence-electron chi connectivity index (χ2n) is 7.56. The molecule has 4 rings (SSSR count). The van der Waals surface area contributed by atoms with Gasteiger partial charge in [-0.1, -0.05) is 18.2 Å². The maximum Gasteiger partial charge on any atom is 0.251 e. The molecule has 1 aliphatic rings. The molecule has 2 N–H and O–H groups in total. The number of nitrogens with zero attached hydrogens (tertiary/aromatic N) is 4. The average molecular weight is 413 g/mol. The fraction of sp³-hybridized carbons (Fsp3) is 0.333. The van der Waals surface area contributed by atoms with E-state index in [1.807, 2.05) is 0 Å². The average Bonchev–Trinajstić information content (AvgIpc) is 3.17. The monoisotopic (exact) mass is 413 g/mol. The predicted octanol–water partition coefficient (Wildman–Crippen LogP) is 0.977. The lowest BCUT2D eigenvalue weighted by Gasteiger charge is -2.29. The van der Waals surface area contributed by atoms with Gasteiger partial charge in [0.1, 0.15) is 18.2 Å². The van der Waals surface area contributed by atoms with Crippen molar-refractivity contribution in [1.29, 1.82) is 0 Å². The van der Waals surface area contributed by atoms with Crippen molar-refractivity contribution in [2.24, 2.45) is 0 Å². The third kappa shape index (κ3) is 5.04. The maximum absolute atomic E-state index is 13.3. The number of carbonyl (C=O) groups is 1. The van der Waals surface area contributed by atoms with Crippen LogP contribution in [0.1, 0.15) is 34.6 Å². The summed E-state index contributed by atoms with van der Waals surface area (Å²) >= 11 is 0. The summed E-state index contributed by atoms with van der Waals surface area (Å²) in [7, 11) is 0. The van der Waals surface area contributed by atoms with E-state index >= 15 is 0 Å². The van der Waals surface area contributed by atoms with Crippen molar-refractivity contribution < 1.29 is 18.5 Å². The van der Waals surface area contributed by atoms with Crippen LogP contribution >= 0.6 is 0 Å². The molecule has 0 unspecified atom stereocenters. The lowest BCUT2D eigenvalue weighted by atomic mass is 10.0. The summed E-state index contributed by atoms with van der Waals surface area (Å²) in [6.45, 7) is 2.91. The zero-order valence-corrected chi connectivity index (χ0v) is 16.4. The Morgan fingerprint density at radius 1 is 1.10 bits per heavy atom. The zero-order chi connectivity index (χ0) is 20.9. The van der Waals surface area contributed by atoms with Gasteiger partial charge in [-0.15, -0.1) is 5.10 Å². The Labute approximate surface area is 172 Å². The molecule has 3 aromatic rings. The van der Waals surface area contributed by atoms with Crippen molar-refractivity contribution in [2.45, 2.75) is 32.0 Å². The summed E-state index contributed by atoms with van der Waals surface area (Å²) in [6.07, 6.45) is 1.66. The number of likely N-dealkylation sites (tertiary alicyclic amines) is 1. The molecule has 1 amide bonds. The normalized spacial score (nSPS) is 18.9. The van der Waals surface area contributed by atoms with E-state index in [2.05, 4.69) is 20.8 Å². The highest BCUT2D eigenvalue weighted by Crippen LogP contribution is 2.08. The summed E-state index contributed by atoms with van der Waals surface area (Å²) in [5.74, 6) is -0.157. The van der Waals surface area contributed by atoms with E-state index in [0.717, 1.165) is 37.3 Å². The number of hydrogen-bond donors (Lipinski definition) is 2. The molecule has 0 aliphatic carbocycles. The molecule has 1 aromatic heterocycles. The molecule has 0 saturated carbocycles. The first-order valence-electron chi connectivity index (χ1n) is 9.96. The Bertz CT molecular complexity index is 999. The summed E-state index contributed by atoms with van der Waals surface area (Å²) in [5, 5.41) is 15.0.